The van der Waals surface area contributed by atoms with Crippen molar-refractivity contribution in [2.75, 3.05) is 14.2 Å². The van der Waals surface area contributed by atoms with Gasteiger partial charge in [0, 0.05) is 5.56 Å². The van der Waals surface area contributed by atoms with Gasteiger partial charge in [-0.3, -0.25) is 9.59 Å². The SMILES string of the molecule is COc1cc(/C=C2/C(=O)N(C(=O)c3ccccc3)N=C2C)cc(Cl)c1OC. The van der Waals surface area contributed by atoms with Crippen molar-refractivity contribution in [3.05, 3.63) is 64.2 Å². The maximum atomic E-state index is 12.7. The summed E-state index contributed by atoms with van der Waals surface area (Å²) in [5, 5.41) is 5.34. The van der Waals surface area contributed by atoms with Gasteiger partial charge in [-0.05, 0) is 42.8 Å². The number of hydrogen-bond acceptors (Lipinski definition) is 5. The molecule has 27 heavy (non-hydrogen) atoms. The lowest BCUT2D eigenvalue weighted by Crippen LogP contribution is -2.29. The van der Waals surface area contributed by atoms with Crippen molar-refractivity contribution in [2.24, 2.45) is 5.10 Å². The van der Waals surface area contributed by atoms with Crippen LogP contribution in [0.3, 0.4) is 0 Å². The smallest absolute Gasteiger partial charge is 0.283 e. The van der Waals surface area contributed by atoms with Gasteiger partial charge in [0.05, 0.1) is 30.5 Å². The molecule has 0 atom stereocenters. The minimum absolute atomic E-state index is 0.308. The van der Waals surface area contributed by atoms with E-state index in [1.54, 1.807) is 55.5 Å². The fourth-order valence-electron chi connectivity index (χ4n) is 2.71. The average Bonchev–Trinajstić information content (AvgIpc) is 2.95. The summed E-state index contributed by atoms with van der Waals surface area (Å²) in [5.74, 6) is -0.125. The highest BCUT2D eigenvalue weighted by Gasteiger charge is 2.33. The monoisotopic (exact) mass is 384 g/mol. The van der Waals surface area contributed by atoms with Gasteiger partial charge in [0.2, 0.25) is 0 Å². The normalized spacial score (nSPS) is 15.1. The Morgan fingerprint density at radius 3 is 2.48 bits per heavy atom. The molecule has 6 nitrogen and oxygen atoms in total. The van der Waals surface area contributed by atoms with Crippen LogP contribution < -0.4 is 9.47 Å². The van der Waals surface area contributed by atoms with Crippen molar-refractivity contribution in [3.8, 4) is 11.5 Å². The molecule has 138 valence electrons. The fourth-order valence-corrected chi connectivity index (χ4v) is 3.01. The van der Waals surface area contributed by atoms with E-state index in [9.17, 15) is 9.59 Å². The van der Waals surface area contributed by atoms with Crippen LogP contribution in [0, 0.1) is 0 Å². The lowest BCUT2D eigenvalue weighted by Gasteiger charge is -2.11. The summed E-state index contributed by atoms with van der Waals surface area (Å²) in [5.41, 5.74) is 1.76. The zero-order valence-electron chi connectivity index (χ0n) is 15.0. The Morgan fingerprint density at radius 2 is 1.85 bits per heavy atom. The number of imide groups is 1. The van der Waals surface area contributed by atoms with E-state index in [1.807, 2.05) is 0 Å². The fraction of sp³-hybridized carbons (Fsp3) is 0.150. The molecule has 0 spiro atoms. The van der Waals surface area contributed by atoms with E-state index in [2.05, 4.69) is 5.10 Å². The van der Waals surface area contributed by atoms with Crippen molar-refractivity contribution in [3.63, 3.8) is 0 Å². The number of carbonyl (C=O) groups excluding carboxylic acids is 2. The van der Waals surface area contributed by atoms with Gasteiger partial charge in [-0.2, -0.15) is 10.1 Å². The number of rotatable bonds is 4. The van der Waals surface area contributed by atoms with E-state index in [0.717, 1.165) is 5.01 Å². The van der Waals surface area contributed by atoms with Crippen LogP contribution in [-0.2, 0) is 4.79 Å². The predicted molar refractivity (Wildman–Crippen MR) is 103 cm³/mol. The molecule has 0 N–H and O–H groups in total. The van der Waals surface area contributed by atoms with Crippen LogP contribution in [0.5, 0.6) is 11.5 Å². The molecule has 2 amide bonds. The number of hydrogen-bond donors (Lipinski definition) is 0. The Balaban J connectivity index is 1.95. The molecule has 7 heteroatoms. The van der Waals surface area contributed by atoms with Crippen LogP contribution in [0.1, 0.15) is 22.8 Å². The Kier molecular flexibility index (Phi) is 5.28. The highest BCUT2D eigenvalue weighted by molar-refractivity contribution is 6.33. The molecule has 0 saturated carbocycles. The summed E-state index contributed by atoms with van der Waals surface area (Å²) in [6.07, 6.45) is 1.62. The molecule has 0 unspecified atom stereocenters. The minimum Gasteiger partial charge on any atom is -0.493 e. The Morgan fingerprint density at radius 1 is 1.15 bits per heavy atom. The van der Waals surface area contributed by atoms with E-state index in [4.69, 9.17) is 21.1 Å². The number of ether oxygens (including phenoxy) is 2. The first kappa shape index (κ1) is 18.7. The van der Waals surface area contributed by atoms with Crippen LogP contribution in [0.25, 0.3) is 6.08 Å². The van der Waals surface area contributed by atoms with E-state index in [-0.39, 0.29) is 0 Å². The molecule has 2 aromatic carbocycles. The maximum absolute atomic E-state index is 12.7. The second-order valence-corrected chi connectivity index (χ2v) is 6.18. The molecule has 1 aliphatic rings. The highest BCUT2D eigenvalue weighted by atomic mass is 35.5. The van der Waals surface area contributed by atoms with Crippen molar-refractivity contribution >= 4 is 35.2 Å². The number of methoxy groups -OCH3 is 2. The number of carbonyl (C=O) groups is 2. The summed E-state index contributed by atoms with van der Waals surface area (Å²) >= 11 is 6.22. The zero-order valence-corrected chi connectivity index (χ0v) is 15.8. The molecule has 2 aromatic rings. The standard InChI is InChI=1S/C20H17ClN2O4/c1-12-15(9-13-10-16(21)18(27-3)17(11-13)26-2)20(25)23(22-12)19(24)14-7-5-4-6-8-14/h4-11H,1-3H3/b15-9+. The van der Waals surface area contributed by atoms with Crippen LogP contribution in [0.15, 0.2) is 53.1 Å². The van der Waals surface area contributed by atoms with E-state index >= 15 is 0 Å². The molecule has 0 bridgehead atoms. The maximum Gasteiger partial charge on any atom is 0.283 e. The van der Waals surface area contributed by atoms with Crippen molar-refractivity contribution < 1.29 is 19.1 Å². The van der Waals surface area contributed by atoms with Crippen molar-refractivity contribution in [2.45, 2.75) is 6.92 Å². The summed E-state index contributed by atoms with van der Waals surface area (Å²) in [6.45, 7) is 1.67. The van der Waals surface area contributed by atoms with Gasteiger partial charge in [0.1, 0.15) is 0 Å². The second-order valence-electron chi connectivity index (χ2n) is 5.77. The minimum atomic E-state index is -0.493. The summed E-state index contributed by atoms with van der Waals surface area (Å²) in [6, 6.07) is 11.9. The largest absolute Gasteiger partial charge is 0.493 e. The Hall–Kier alpha value is -3.12. The lowest BCUT2D eigenvalue weighted by atomic mass is 10.1. The average molecular weight is 385 g/mol. The third-order valence-electron chi connectivity index (χ3n) is 4.04. The molecule has 0 aromatic heterocycles. The molecule has 1 aliphatic heterocycles. The molecule has 1 heterocycles. The third kappa shape index (κ3) is 3.57. The quantitative estimate of drug-likeness (QED) is 0.594. The molecular formula is C20H17ClN2O4. The third-order valence-corrected chi connectivity index (χ3v) is 4.32. The van der Waals surface area contributed by atoms with Crippen LogP contribution in [0.2, 0.25) is 5.02 Å². The van der Waals surface area contributed by atoms with Crippen LogP contribution in [-0.4, -0.2) is 36.8 Å². The molecule has 3 rings (SSSR count). The van der Waals surface area contributed by atoms with Gasteiger partial charge < -0.3 is 9.47 Å². The van der Waals surface area contributed by atoms with E-state index < -0.39 is 11.8 Å². The second kappa shape index (κ2) is 7.63. The lowest BCUT2D eigenvalue weighted by molar-refractivity contribution is -0.123. The molecular weight excluding hydrogens is 368 g/mol. The predicted octanol–water partition coefficient (Wildman–Crippen LogP) is 3.80. The van der Waals surface area contributed by atoms with Gasteiger partial charge in [-0.25, -0.2) is 0 Å². The first-order chi connectivity index (χ1) is 13.0. The first-order valence-electron chi connectivity index (χ1n) is 8.09. The van der Waals surface area contributed by atoms with E-state index in [0.29, 0.717) is 38.9 Å². The molecule has 0 saturated heterocycles. The van der Waals surface area contributed by atoms with Crippen LogP contribution >= 0.6 is 11.6 Å². The van der Waals surface area contributed by atoms with Crippen molar-refractivity contribution in [1.29, 1.82) is 0 Å². The zero-order chi connectivity index (χ0) is 19.6. The number of amides is 2. The van der Waals surface area contributed by atoms with Crippen LogP contribution in [0.4, 0.5) is 0 Å². The first-order valence-corrected chi connectivity index (χ1v) is 8.46. The Bertz CT molecular complexity index is 967. The molecule has 0 fully saturated rings. The number of halogens is 1. The number of hydrazone groups is 1. The topological polar surface area (TPSA) is 68.2 Å². The van der Waals surface area contributed by atoms with Gasteiger partial charge in [0.25, 0.3) is 11.8 Å². The number of benzene rings is 2. The molecule has 0 radical (unpaired) electrons. The summed E-state index contributed by atoms with van der Waals surface area (Å²) < 4.78 is 10.5. The highest BCUT2D eigenvalue weighted by Crippen LogP contribution is 2.37. The van der Waals surface area contributed by atoms with Gasteiger partial charge in [-0.1, -0.05) is 29.8 Å². The van der Waals surface area contributed by atoms with Gasteiger partial charge in [-0.15, -0.1) is 0 Å². The van der Waals surface area contributed by atoms with Gasteiger partial charge >= 0.3 is 0 Å². The molecule has 0 aliphatic carbocycles. The Labute approximate surface area is 161 Å². The van der Waals surface area contributed by atoms with Gasteiger partial charge in [0.15, 0.2) is 11.5 Å². The number of nitrogens with zero attached hydrogens (tertiary/aromatic N) is 2. The summed E-state index contributed by atoms with van der Waals surface area (Å²) in [7, 11) is 2.99. The van der Waals surface area contributed by atoms with E-state index in [1.165, 1.54) is 14.2 Å². The van der Waals surface area contributed by atoms with Crippen molar-refractivity contribution in [1.82, 2.24) is 5.01 Å². The summed E-state index contributed by atoms with van der Waals surface area (Å²) in [4.78, 5) is 25.3.